The Hall–Kier alpha value is -1.10. The predicted octanol–water partition coefficient (Wildman–Crippen LogP) is 0.594. The third kappa shape index (κ3) is 2.97. The predicted molar refractivity (Wildman–Crippen MR) is 62.6 cm³/mol. The molecular formula is C12H20N2O3. The van der Waals surface area contributed by atoms with Gasteiger partial charge < -0.3 is 15.3 Å². The molecule has 17 heavy (non-hydrogen) atoms. The van der Waals surface area contributed by atoms with Gasteiger partial charge in [-0.05, 0) is 12.8 Å². The van der Waals surface area contributed by atoms with Crippen molar-refractivity contribution in [3.05, 3.63) is 0 Å². The Morgan fingerprint density at radius 3 is 2.71 bits per heavy atom. The lowest BCUT2D eigenvalue weighted by atomic mass is 9.93. The first kappa shape index (κ1) is 12.4. The van der Waals surface area contributed by atoms with Gasteiger partial charge in [-0.3, -0.25) is 9.59 Å². The summed E-state index contributed by atoms with van der Waals surface area (Å²) < 4.78 is 0. The highest BCUT2D eigenvalue weighted by atomic mass is 16.4. The van der Waals surface area contributed by atoms with E-state index in [4.69, 9.17) is 5.11 Å². The summed E-state index contributed by atoms with van der Waals surface area (Å²) in [5.74, 6) is -0.938. The Balaban J connectivity index is 1.97. The molecule has 1 saturated heterocycles. The molecule has 0 aromatic heterocycles. The second-order valence-corrected chi connectivity index (χ2v) is 4.93. The van der Waals surface area contributed by atoms with E-state index in [9.17, 15) is 9.59 Å². The number of carboxylic acid groups (broad SMARTS) is 1. The van der Waals surface area contributed by atoms with Crippen molar-refractivity contribution >= 4 is 11.9 Å². The Labute approximate surface area is 101 Å². The number of carbonyl (C=O) groups is 2. The van der Waals surface area contributed by atoms with E-state index >= 15 is 0 Å². The maximum Gasteiger partial charge on any atom is 0.305 e. The summed E-state index contributed by atoms with van der Waals surface area (Å²) in [6.45, 7) is 1.43. The number of carbonyl (C=O) groups excluding carboxylic acids is 1. The lowest BCUT2D eigenvalue weighted by molar-refractivity contribution is -0.145. The van der Waals surface area contributed by atoms with Crippen LogP contribution in [0.1, 0.15) is 38.5 Å². The second kappa shape index (κ2) is 5.49. The molecule has 5 nitrogen and oxygen atoms in total. The molecule has 0 radical (unpaired) electrons. The Morgan fingerprint density at radius 2 is 2.06 bits per heavy atom. The average Bonchev–Trinajstić information content (AvgIpc) is 2.32. The van der Waals surface area contributed by atoms with E-state index in [1.807, 2.05) is 4.90 Å². The minimum atomic E-state index is -0.915. The molecule has 1 aliphatic heterocycles. The topological polar surface area (TPSA) is 69.6 Å². The van der Waals surface area contributed by atoms with E-state index in [2.05, 4.69) is 5.32 Å². The van der Waals surface area contributed by atoms with Gasteiger partial charge in [0.05, 0.1) is 12.5 Å². The summed E-state index contributed by atoms with van der Waals surface area (Å²) in [5, 5.41) is 11.8. The summed E-state index contributed by atoms with van der Waals surface area (Å²) in [6.07, 6.45) is 5.67. The van der Waals surface area contributed by atoms with Crippen molar-refractivity contribution in [1.82, 2.24) is 10.2 Å². The van der Waals surface area contributed by atoms with Crippen LogP contribution in [-0.2, 0) is 9.59 Å². The van der Waals surface area contributed by atoms with E-state index in [0.717, 1.165) is 19.4 Å². The zero-order valence-electron chi connectivity index (χ0n) is 10.0. The number of amides is 1. The van der Waals surface area contributed by atoms with Crippen LogP contribution in [0.4, 0.5) is 0 Å². The molecule has 1 amide bonds. The third-order valence-electron chi connectivity index (χ3n) is 3.72. The van der Waals surface area contributed by atoms with Gasteiger partial charge in [-0.2, -0.15) is 0 Å². The Kier molecular flexibility index (Phi) is 3.99. The van der Waals surface area contributed by atoms with Crippen LogP contribution in [0.3, 0.4) is 0 Å². The van der Waals surface area contributed by atoms with Crippen molar-refractivity contribution in [2.45, 2.75) is 50.6 Å². The fourth-order valence-corrected chi connectivity index (χ4v) is 2.85. The first-order chi connectivity index (χ1) is 8.18. The SMILES string of the molecule is O=C(O)CC1NCCN(C2CCCCC2)C1=O. The van der Waals surface area contributed by atoms with Crippen LogP contribution < -0.4 is 5.32 Å². The van der Waals surface area contributed by atoms with Crippen LogP contribution >= 0.6 is 0 Å². The molecule has 96 valence electrons. The average molecular weight is 240 g/mol. The van der Waals surface area contributed by atoms with Crippen molar-refractivity contribution in [2.24, 2.45) is 0 Å². The number of hydrogen-bond acceptors (Lipinski definition) is 3. The molecule has 1 unspecified atom stereocenters. The molecule has 2 N–H and O–H groups in total. The molecule has 5 heteroatoms. The normalized spacial score (nSPS) is 27.2. The van der Waals surface area contributed by atoms with Gasteiger partial charge >= 0.3 is 5.97 Å². The minimum Gasteiger partial charge on any atom is -0.481 e. The van der Waals surface area contributed by atoms with E-state index in [1.54, 1.807) is 0 Å². The maximum absolute atomic E-state index is 12.2. The number of carboxylic acids is 1. The molecule has 0 spiro atoms. The smallest absolute Gasteiger partial charge is 0.305 e. The van der Waals surface area contributed by atoms with Crippen LogP contribution in [-0.4, -0.2) is 47.1 Å². The molecule has 2 aliphatic rings. The lowest BCUT2D eigenvalue weighted by Crippen LogP contribution is -2.58. The highest BCUT2D eigenvalue weighted by Gasteiger charge is 2.34. The standard InChI is InChI=1S/C12H20N2O3/c15-11(16)8-10-12(17)14(7-6-13-10)9-4-2-1-3-5-9/h9-10,13H,1-8H2,(H,15,16). The molecular weight excluding hydrogens is 220 g/mol. The monoisotopic (exact) mass is 240 g/mol. The van der Waals surface area contributed by atoms with Crippen molar-refractivity contribution in [3.8, 4) is 0 Å². The van der Waals surface area contributed by atoms with Crippen molar-refractivity contribution in [2.75, 3.05) is 13.1 Å². The van der Waals surface area contributed by atoms with Gasteiger partial charge in [0.1, 0.15) is 0 Å². The van der Waals surface area contributed by atoms with Crippen LogP contribution in [0.5, 0.6) is 0 Å². The largest absolute Gasteiger partial charge is 0.481 e. The first-order valence-corrected chi connectivity index (χ1v) is 6.44. The van der Waals surface area contributed by atoms with Gasteiger partial charge in [-0.25, -0.2) is 0 Å². The summed E-state index contributed by atoms with van der Waals surface area (Å²) in [7, 11) is 0. The zero-order chi connectivity index (χ0) is 12.3. The molecule has 1 atom stereocenters. The van der Waals surface area contributed by atoms with Crippen LogP contribution in [0.25, 0.3) is 0 Å². The number of aliphatic carboxylic acids is 1. The second-order valence-electron chi connectivity index (χ2n) is 4.93. The zero-order valence-corrected chi connectivity index (χ0v) is 10.0. The fourth-order valence-electron chi connectivity index (χ4n) is 2.85. The Morgan fingerprint density at radius 1 is 1.35 bits per heavy atom. The van der Waals surface area contributed by atoms with Crippen LogP contribution in [0.15, 0.2) is 0 Å². The number of hydrogen-bond donors (Lipinski definition) is 2. The van der Waals surface area contributed by atoms with E-state index in [-0.39, 0.29) is 12.3 Å². The van der Waals surface area contributed by atoms with Gasteiger partial charge in [-0.1, -0.05) is 19.3 Å². The maximum atomic E-state index is 12.2. The summed E-state index contributed by atoms with van der Waals surface area (Å²) in [6, 6.07) is -0.183. The van der Waals surface area contributed by atoms with E-state index < -0.39 is 12.0 Å². The highest BCUT2D eigenvalue weighted by Crippen LogP contribution is 2.24. The molecule has 0 aromatic carbocycles. The van der Waals surface area contributed by atoms with Gasteiger partial charge in [-0.15, -0.1) is 0 Å². The number of nitrogens with one attached hydrogen (secondary N) is 1. The molecule has 0 bridgehead atoms. The number of rotatable bonds is 3. The molecule has 1 heterocycles. The third-order valence-corrected chi connectivity index (χ3v) is 3.72. The molecule has 2 rings (SSSR count). The fraction of sp³-hybridized carbons (Fsp3) is 0.833. The molecule has 2 fully saturated rings. The van der Waals surface area contributed by atoms with Crippen LogP contribution in [0, 0.1) is 0 Å². The highest BCUT2D eigenvalue weighted by molar-refractivity contribution is 5.87. The molecule has 1 aliphatic carbocycles. The van der Waals surface area contributed by atoms with Gasteiger partial charge in [0.2, 0.25) is 5.91 Å². The first-order valence-electron chi connectivity index (χ1n) is 6.44. The molecule has 1 saturated carbocycles. The quantitative estimate of drug-likeness (QED) is 0.757. The molecule has 0 aromatic rings. The minimum absolute atomic E-state index is 0.0226. The number of piperazine rings is 1. The van der Waals surface area contributed by atoms with Crippen LogP contribution in [0.2, 0.25) is 0 Å². The van der Waals surface area contributed by atoms with Crippen molar-refractivity contribution in [3.63, 3.8) is 0 Å². The van der Waals surface area contributed by atoms with Crippen molar-refractivity contribution < 1.29 is 14.7 Å². The van der Waals surface area contributed by atoms with Gasteiger partial charge in [0.15, 0.2) is 0 Å². The van der Waals surface area contributed by atoms with E-state index in [0.29, 0.717) is 12.6 Å². The Bertz CT molecular complexity index is 300. The van der Waals surface area contributed by atoms with E-state index in [1.165, 1.54) is 19.3 Å². The summed E-state index contributed by atoms with van der Waals surface area (Å²) in [4.78, 5) is 24.8. The lowest BCUT2D eigenvalue weighted by Gasteiger charge is -2.40. The summed E-state index contributed by atoms with van der Waals surface area (Å²) >= 11 is 0. The summed E-state index contributed by atoms with van der Waals surface area (Å²) in [5.41, 5.74) is 0. The van der Waals surface area contributed by atoms with Gasteiger partial charge in [0, 0.05) is 19.1 Å². The van der Waals surface area contributed by atoms with Crippen molar-refractivity contribution in [1.29, 1.82) is 0 Å². The number of nitrogens with zero attached hydrogens (tertiary/aromatic N) is 1. The van der Waals surface area contributed by atoms with Gasteiger partial charge in [0.25, 0.3) is 0 Å².